The van der Waals surface area contributed by atoms with Gasteiger partial charge >= 0.3 is 0 Å². The summed E-state index contributed by atoms with van der Waals surface area (Å²) in [5, 5.41) is 0. The van der Waals surface area contributed by atoms with Crippen LogP contribution < -0.4 is 5.73 Å². The summed E-state index contributed by atoms with van der Waals surface area (Å²) >= 11 is 0. The van der Waals surface area contributed by atoms with Gasteiger partial charge in [-0.05, 0) is 30.9 Å². The van der Waals surface area contributed by atoms with Gasteiger partial charge < -0.3 is 5.73 Å². The number of sulfonamides is 1. The molecule has 1 aliphatic carbocycles. The van der Waals surface area contributed by atoms with Crippen molar-refractivity contribution in [3.8, 4) is 12.3 Å². The molecule has 0 unspecified atom stereocenters. The second kappa shape index (κ2) is 5.38. The number of halogens is 2. The molecule has 1 aliphatic rings. The molecule has 2 rings (SSSR count). The molecule has 0 aromatic heterocycles. The first-order chi connectivity index (χ1) is 9.36. The van der Waals surface area contributed by atoms with E-state index < -0.39 is 26.6 Å². The Balaban J connectivity index is 2.44. The first kappa shape index (κ1) is 14.8. The van der Waals surface area contributed by atoms with Crippen LogP contribution in [0.2, 0.25) is 0 Å². The van der Waals surface area contributed by atoms with Crippen LogP contribution in [-0.2, 0) is 10.0 Å². The Morgan fingerprint density at radius 2 is 2.05 bits per heavy atom. The van der Waals surface area contributed by atoms with Crippen molar-refractivity contribution >= 4 is 15.7 Å². The third kappa shape index (κ3) is 2.92. The van der Waals surface area contributed by atoms with Crippen LogP contribution in [0.4, 0.5) is 14.5 Å². The molecule has 1 saturated carbocycles. The molecule has 1 aromatic rings. The highest BCUT2D eigenvalue weighted by Gasteiger charge is 2.33. The van der Waals surface area contributed by atoms with Crippen LogP contribution in [0.5, 0.6) is 0 Å². The maximum absolute atomic E-state index is 13.7. The minimum Gasteiger partial charge on any atom is -0.399 e. The van der Waals surface area contributed by atoms with Crippen molar-refractivity contribution in [2.45, 2.75) is 17.7 Å². The van der Waals surface area contributed by atoms with Crippen LogP contribution in [0, 0.1) is 29.9 Å². The van der Waals surface area contributed by atoms with Gasteiger partial charge in [0.1, 0.15) is 4.90 Å². The summed E-state index contributed by atoms with van der Waals surface area (Å²) in [6.07, 6.45) is 6.96. The number of nitrogens with zero attached hydrogens (tertiary/aromatic N) is 1. The van der Waals surface area contributed by atoms with Gasteiger partial charge in [-0.25, -0.2) is 17.2 Å². The molecule has 0 heterocycles. The lowest BCUT2D eigenvalue weighted by molar-refractivity contribution is 0.420. The van der Waals surface area contributed by atoms with Gasteiger partial charge in [0.2, 0.25) is 10.0 Å². The normalized spacial score (nSPS) is 15.3. The zero-order valence-corrected chi connectivity index (χ0v) is 11.5. The summed E-state index contributed by atoms with van der Waals surface area (Å²) in [6.45, 7) is 0.0249. The Morgan fingerprint density at radius 3 is 2.60 bits per heavy atom. The SMILES string of the molecule is C#CCN(CC1CC1)S(=O)(=O)c1cc(N)cc(F)c1F. The number of nitrogens with two attached hydrogens (primary N) is 1. The third-order valence-electron chi connectivity index (χ3n) is 3.06. The molecule has 1 fully saturated rings. The maximum atomic E-state index is 13.7. The minimum atomic E-state index is -4.20. The number of hydrogen-bond acceptors (Lipinski definition) is 3. The van der Waals surface area contributed by atoms with Crippen molar-refractivity contribution in [1.82, 2.24) is 4.31 Å². The largest absolute Gasteiger partial charge is 0.399 e. The van der Waals surface area contributed by atoms with Gasteiger partial charge in [0.05, 0.1) is 6.54 Å². The fraction of sp³-hybridized carbons (Fsp3) is 0.385. The van der Waals surface area contributed by atoms with E-state index in [1.165, 1.54) is 0 Å². The average molecular weight is 300 g/mol. The molecule has 20 heavy (non-hydrogen) atoms. The summed E-state index contributed by atoms with van der Waals surface area (Å²) in [5.74, 6) is -0.275. The molecule has 7 heteroatoms. The number of nitrogen functional groups attached to an aromatic ring is 1. The fourth-order valence-corrected chi connectivity index (χ4v) is 3.39. The molecule has 1 aromatic carbocycles. The Kier molecular flexibility index (Phi) is 3.97. The second-order valence-corrected chi connectivity index (χ2v) is 6.67. The van der Waals surface area contributed by atoms with Crippen molar-refractivity contribution < 1.29 is 17.2 Å². The monoisotopic (exact) mass is 300 g/mol. The number of terminal acetylenes is 1. The molecule has 0 aliphatic heterocycles. The van der Waals surface area contributed by atoms with Crippen LogP contribution in [0.25, 0.3) is 0 Å². The van der Waals surface area contributed by atoms with E-state index in [0.717, 1.165) is 29.3 Å². The van der Waals surface area contributed by atoms with E-state index in [-0.39, 0.29) is 24.7 Å². The molecule has 4 nitrogen and oxygen atoms in total. The van der Waals surface area contributed by atoms with Crippen molar-refractivity contribution in [2.75, 3.05) is 18.8 Å². The molecular formula is C13H14F2N2O2S. The summed E-state index contributed by atoms with van der Waals surface area (Å²) in [4.78, 5) is -0.772. The van der Waals surface area contributed by atoms with Crippen LogP contribution in [0.3, 0.4) is 0 Å². The lowest BCUT2D eigenvalue weighted by atomic mass is 10.3. The highest BCUT2D eigenvalue weighted by molar-refractivity contribution is 7.89. The fourth-order valence-electron chi connectivity index (χ4n) is 1.85. The molecule has 2 N–H and O–H groups in total. The van der Waals surface area contributed by atoms with E-state index in [9.17, 15) is 17.2 Å². The summed E-state index contributed by atoms with van der Waals surface area (Å²) < 4.78 is 52.8. The van der Waals surface area contributed by atoms with E-state index in [2.05, 4.69) is 5.92 Å². The quantitative estimate of drug-likeness (QED) is 0.663. The van der Waals surface area contributed by atoms with Crippen molar-refractivity contribution in [3.63, 3.8) is 0 Å². The first-order valence-corrected chi connectivity index (χ1v) is 7.48. The Morgan fingerprint density at radius 1 is 1.40 bits per heavy atom. The van der Waals surface area contributed by atoms with E-state index in [4.69, 9.17) is 12.2 Å². The minimum absolute atomic E-state index is 0.158. The smallest absolute Gasteiger partial charge is 0.247 e. The molecule has 0 amide bonds. The highest BCUT2D eigenvalue weighted by Crippen LogP contribution is 2.32. The van der Waals surface area contributed by atoms with Crippen molar-refractivity contribution in [2.24, 2.45) is 5.92 Å². The topological polar surface area (TPSA) is 63.4 Å². The number of hydrogen-bond donors (Lipinski definition) is 1. The summed E-state index contributed by atoms with van der Waals surface area (Å²) in [7, 11) is -4.20. The number of benzene rings is 1. The Labute approximate surface area is 116 Å². The molecular weight excluding hydrogens is 286 g/mol. The molecule has 108 valence electrons. The van der Waals surface area contributed by atoms with E-state index in [1.807, 2.05) is 0 Å². The predicted octanol–water partition coefficient (Wildman–Crippen LogP) is 1.58. The van der Waals surface area contributed by atoms with Crippen LogP contribution in [-0.4, -0.2) is 25.8 Å². The van der Waals surface area contributed by atoms with Gasteiger partial charge in [-0.3, -0.25) is 0 Å². The molecule has 0 spiro atoms. The molecule has 0 bridgehead atoms. The summed E-state index contributed by atoms with van der Waals surface area (Å²) in [6, 6.07) is 1.64. The lowest BCUT2D eigenvalue weighted by Crippen LogP contribution is -2.34. The Hall–Kier alpha value is -1.65. The second-order valence-electron chi connectivity index (χ2n) is 4.76. The van der Waals surface area contributed by atoms with Gasteiger partial charge in [-0.15, -0.1) is 6.42 Å². The lowest BCUT2D eigenvalue weighted by Gasteiger charge is -2.20. The van der Waals surface area contributed by atoms with Gasteiger partial charge in [0.15, 0.2) is 11.6 Å². The standard InChI is InChI=1S/C13H14F2N2O2S/c1-2-5-17(8-9-3-4-9)20(18,19)12-7-10(16)6-11(14)13(12)15/h1,6-7,9H,3-5,8,16H2. The number of anilines is 1. The van der Waals surface area contributed by atoms with Crippen LogP contribution in [0.15, 0.2) is 17.0 Å². The van der Waals surface area contributed by atoms with E-state index in [0.29, 0.717) is 0 Å². The molecule has 0 radical (unpaired) electrons. The van der Waals surface area contributed by atoms with Gasteiger partial charge in [0, 0.05) is 12.2 Å². The van der Waals surface area contributed by atoms with Crippen molar-refractivity contribution in [3.05, 3.63) is 23.8 Å². The molecule has 0 saturated heterocycles. The number of rotatable bonds is 5. The zero-order chi connectivity index (χ0) is 14.9. The van der Waals surface area contributed by atoms with Gasteiger partial charge in [-0.1, -0.05) is 5.92 Å². The van der Waals surface area contributed by atoms with Gasteiger partial charge in [-0.2, -0.15) is 4.31 Å². The highest BCUT2D eigenvalue weighted by atomic mass is 32.2. The maximum Gasteiger partial charge on any atom is 0.247 e. The van der Waals surface area contributed by atoms with Crippen molar-refractivity contribution in [1.29, 1.82) is 0 Å². The average Bonchev–Trinajstić information content (AvgIpc) is 3.17. The van der Waals surface area contributed by atoms with E-state index >= 15 is 0 Å². The Bertz CT molecular complexity index is 664. The zero-order valence-electron chi connectivity index (χ0n) is 10.6. The van der Waals surface area contributed by atoms with Crippen LogP contribution in [0.1, 0.15) is 12.8 Å². The van der Waals surface area contributed by atoms with E-state index in [1.54, 1.807) is 0 Å². The van der Waals surface area contributed by atoms with Gasteiger partial charge in [0.25, 0.3) is 0 Å². The predicted molar refractivity (Wildman–Crippen MR) is 71.1 cm³/mol. The summed E-state index contributed by atoms with van der Waals surface area (Å²) in [5.41, 5.74) is 5.22. The van der Waals surface area contributed by atoms with Crippen LogP contribution >= 0.6 is 0 Å². The molecule has 0 atom stereocenters. The third-order valence-corrected chi connectivity index (χ3v) is 4.87. The first-order valence-electron chi connectivity index (χ1n) is 6.04.